The van der Waals surface area contributed by atoms with Gasteiger partial charge < -0.3 is 19.5 Å². The molecule has 1 N–H and O–H groups in total. The van der Waals surface area contributed by atoms with Gasteiger partial charge in [0.15, 0.2) is 0 Å². The van der Waals surface area contributed by atoms with Gasteiger partial charge in [-0.15, -0.1) is 0 Å². The third-order valence-electron chi connectivity index (χ3n) is 4.58. The first-order valence-electron chi connectivity index (χ1n) is 7.91. The van der Waals surface area contributed by atoms with Gasteiger partial charge >= 0.3 is 5.97 Å². The van der Waals surface area contributed by atoms with E-state index < -0.39 is 11.9 Å². The molecule has 2 aromatic rings. The number of carbonyl (C=O) groups is 1. The molecule has 126 valence electrons. The fourth-order valence-corrected chi connectivity index (χ4v) is 3.33. The molecule has 0 unspecified atom stereocenters. The maximum absolute atomic E-state index is 11.7. The van der Waals surface area contributed by atoms with Crippen molar-refractivity contribution in [1.29, 1.82) is 0 Å². The number of rotatable bonds is 5. The molecule has 0 amide bonds. The second-order valence-electron chi connectivity index (χ2n) is 5.84. The minimum Gasteiger partial charge on any atom is -0.497 e. The van der Waals surface area contributed by atoms with E-state index in [9.17, 15) is 9.90 Å². The number of hydrogen-bond acceptors (Lipinski definition) is 4. The summed E-state index contributed by atoms with van der Waals surface area (Å²) in [5.41, 5.74) is 1.98. The van der Waals surface area contributed by atoms with Crippen LogP contribution < -0.4 is 14.4 Å². The molecule has 24 heavy (non-hydrogen) atoms. The summed E-state index contributed by atoms with van der Waals surface area (Å²) in [6, 6.07) is 15.2. The lowest BCUT2D eigenvalue weighted by Crippen LogP contribution is -2.28. The zero-order valence-corrected chi connectivity index (χ0v) is 13.8. The Hall–Kier alpha value is -2.69. The van der Waals surface area contributed by atoms with Crippen LogP contribution in [0.2, 0.25) is 0 Å². The first-order valence-corrected chi connectivity index (χ1v) is 7.91. The SMILES string of the molecule is COc1ccc([C@@H]2[C@H](C(=O)O)CCN2c2ccc(OC)cc2)cc1. The average molecular weight is 327 g/mol. The highest BCUT2D eigenvalue weighted by atomic mass is 16.5. The van der Waals surface area contributed by atoms with Crippen molar-refractivity contribution in [2.24, 2.45) is 5.92 Å². The Morgan fingerprint density at radius 1 is 1.00 bits per heavy atom. The monoisotopic (exact) mass is 327 g/mol. The topological polar surface area (TPSA) is 59.0 Å². The molecule has 1 saturated heterocycles. The van der Waals surface area contributed by atoms with E-state index in [0.29, 0.717) is 13.0 Å². The van der Waals surface area contributed by atoms with E-state index in [4.69, 9.17) is 9.47 Å². The van der Waals surface area contributed by atoms with Crippen LogP contribution in [0.25, 0.3) is 0 Å². The van der Waals surface area contributed by atoms with Gasteiger partial charge in [-0.1, -0.05) is 12.1 Å². The molecule has 0 saturated carbocycles. The van der Waals surface area contributed by atoms with Crippen LogP contribution in [-0.4, -0.2) is 31.8 Å². The van der Waals surface area contributed by atoms with E-state index in [-0.39, 0.29) is 6.04 Å². The predicted octanol–water partition coefficient (Wildman–Crippen LogP) is 3.36. The Kier molecular flexibility index (Phi) is 4.60. The lowest BCUT2D eigenvalue weighted by atomic mass is 9.93. The van der Waals surface area contributed by atoms with Crippen LogP contribution in [0.4, 0.5) is 5.69 Å². The van der Waals surface area contributed by atoms with E-state index in [1.165, 1.54) is 0 Å². The lowest BCUT2D eigenvalue weighted by molar-refractivity contribution is -0.141. The normalized spacial score (nSPS) is 20.0. The second-order valence-corrected chi connectivity index (χ2v) is 5.84. The molecular weight excluding hydrogens is 306 g/mol. The van der Waals surface area contributed by atoms with Crippen molar-refractivity contribution in [2.45, 2.75) is 12.5 Å². The van der Waals surface area contributed by atoms with Crippen molar-refractivity contribution in [1.82, 2.24) is 0 Å². The maximum Gasteiger partial charge on any atom is 0.309 e. The Morgan fingerprint density at radius 3 is 2.04 bits per heavy atom. The van der Waals surface area contributed by atoms with Crippen LogP contribution in [0.5, 0.6) is 11.5 Å². The van der Waals surface area contributed by atoms with Gasteiger partial charge in [-0.05, 0) is 48.4 Å². The van der Waals surface area contributed by atoms with Gasteiger partial charge in [0.05, 0.1) is 26.2 Å². The van der Waals surface area contributed by atoms with Gasteiger partial charge in [-0.2, -0.15) is 0 Å². The molecule has 0 aliphatic carbocycles. The van der Waals surface area contributed by atoms with Crippen molar-refractivity contribution in [3.8, 4) is 11.5 Å². The van der Waals surface area contributed by atoms with E-state index >= 15 is 0 Å². The van der Waals surface area contributed by atoms with Crippen LogP contribution in [0, 0.1) is 5.92 Å². The highest BCUT2D eigenvalue weighted by Gasteiger charge is 2.39. The summed E-state index contributed by atoms with van der Waals surface area (Å²) < 4.78 is 10.4. The van der Waals surface area contributed by atoms with Gasteiger partial charge in [0.25, 0.3) is 0 Å². The number of hydrogen-bond donors (Lipinski definition) is 1. The average Bonchev–Trinajstić information content (AvgIpc) is 3.07. The molecule has 1 aliphatic heterocycles. The number of ether oxygens (including phenoxy) is 2. The molecule has 0 bridgehead atoms. The second kappa shape index (κ2) is 6.83. The van der Waals surface area contributed by atoms with Gasteiger partial charge in [-0.25, -0.2) is 0 Å². The first kappa shape index (κ1) is 16.2. The van der Waals surface area contributed by atoms with Crippen LogP contribution >= 0.6 is 0 Å². The Morgan fingerprint density at radius 2 is 1.54 bits per heavy atom. The van der Waals surface area contributed by atoms with Gasteiger partial charge in [0, 0.05) is 12.2 Å². The highest BCUT2D eigenvalue weighted by molar-refractivity contribution is 5.74. The van der Waals surface area contributed by atoms with Crippen molar-refractivity contribution < 1.29 is 19.4 Å². The smallest absolute Gasteiger partial charge is 0.309 e. The quantitative estimate of drug-likeness (QED) is 0.912. The molecule has 2 atom stereocenters. The van der Waals surface area contributed by atoms with E-state index in [1.807, 2.05) is 48.5 Å². The standard InChI is InChI=1S/C19H21NO4/c1-23-15-7-3-13(4-8-15)18-17(19(21)22)11-12-20(18)14-5-9-16(24-2)10-6-14/h3-10,17-18H,11-12H2,1-2H3,(H,21,22)/t17-,18-/m1/s1. The molecule has 0 radical (unpaired) electrons. The molecule has 1 fully saturated rings. The molecule has 5 nitrogen and oxygen atoms in total. The van der Waals surface area contributed by atoms with Crippen molar-refractivity contribution in [2.75, 3.05) is 25.7 Å². The third kappa shape index (κ3) is 3.02. The lowest BCUT2D eigenvalue weighted by Gasteiger charge is -2.29. The molecule has 1 heterocycles. The number of nitrogens with zero attached hydrogens (tertiary/aromatic N) is 1. The van der Waals surface area contributed by atoms with E-state index in [1.54, 1.807) is 14.2 Å². The number of benzene rings is 2. The van der Waals surface area contributed by atoms with E-state index in [0.717, 1.165) is 22.7 Å². The van der Waals surface area contributed by atoms with Gasteiger partial charge in [0.2, 0.25) is 0 Å². The molecule has 2 aromatic carbocycles. The molecule has 0 aromatic heterocycles. The zero-order chi connectivity index (χ0) is 17.1. The largest absolute Gasteiger partial charge is 0.497 e. The number of carboxylic acid groups (broad SMARTS) is 1. The van der Waals surface area contributed by atoms with Gasteiger partial charge in [-0.3, -0.25) is 4.79 Å². The fourth-order valence-electron chi connectivity index (χ4n) is 3.33. The van der Waals surface area contributed by atoms with Crippen molar-refractivity contribution >= 4 is 11.7 Å². The number of methoxy groups -OCH3 is 2. The molecule has 3 rings (SSSR count). The predicted molar refractivity (Wildman–Crippen MR) is 91.8 cm³/mol. The van der Waals surface area contributed by atoms with Crippen molar-refractivity contribution in [3.05, 3.63) is 54.1 Å². The summed E-state index contributed by atoms with van der Waals surface area (Å²) in [4.78, 5) is 13.9. The molecule has 0 spiro atoms. The fraction of sp³-hybridized carbons (Fsp3) is 0.316. The summed E-state index contributed by atoms with van der Waals surface area (Å²) >= 11 is 0. The highest BCUT2D eigenvalue weighted by Crippen LogP contribution is 2.41. The minimum atomic E-state index is -0.758. The molecular formula is C19H21NO4. The third-order valence-corrected chi connectivity index (χ3v) is 4.58. The van der Waals surface area contributed by atoms with Crippen LogP contribution in [0.15, 0.2) is 48.5 Å². The summed E-state index contributed by atoms with van der Waals surface area (Å²) in [5, 5.41) is 9.62. The first-order chi connectivity index (χ1) is 11.6. The summed E-state index contributed by atoms with van der Waals surface area (Å²) in [7, 11) is 3.25. The number of carboxylic acids is 1. The molecule has 1 aliphatic rings. The van der Waals surface area contributed by atoms with Crippen LogP contribution in [0.3, 0.4) is 0 Å². The maximum atomic E-state index is 11.7. The Balaban J connectivity index is 1.95. The van der Waals surface area contributed by atoms with Gasteiger partial charge in [0.1, 0.15) is 11.5 Å². The van der Waals surface area contributed by atoms with Crippen LogP contribution in [0.1, 0.15) is 18.0 Å². The zero-order valence-electron chi connectivity index (χ0n) is 13.8. The minimum absolute atomic E-state index is 0.193. The summed E-state index contributed by atoms with van der Waals surface area (Å²) in [6.07, 6.45) is 0.623. The Bertz CT molecular complexity index is 696. The number of anilines is 1. The van der Waals surface area contributed by atoms with E-state index in [2.05, 4.69) is 4.90 Å². The van der Waals surface area contributed by atoms with Crippen LogP contribution in [-0.2, 0) is 4.79 Å². The molecule has 5 heteroatoms. The summed E-state index contributed by atoms with van der Waals surface area (Å²) in [6.45, 7) is 0.708. The van der Waals surface area contributed by atoms with Crippen molar-refractivity contribution in [3.63, 3.8) is 0 Å². The number of aliphatic carboxylic acids is 1. The summed E-state index contributed by atoms with van der Waals surface area (Å²) in [5.74, 6) is 0.362. The Labute approximate surface area is 141 Å².